The van der Waals surface area contributed by atoms with E-state index < -0.39 is 0 Å². The summed E-state index contributed by atoms with van der Waals surface area (Å²) in [6.45, 7) is 2.13. The minimum atomic E-state index is 0. The lowest BCUT2D eigenvalue weighted by Crippen LogP contribution is -2.20. The van der Waals surface area contributed by atoms with Crippen LogP contribution in [0.3, 0.4) is 0 Å². The van der Waals surface area contributed by atoms with Crippen LogP contribution in [-0.4, -0.2) is 11.8 Å². The molecule has 52 valence electrons. The monoisotopic (exact) mass is 155 g/mol. The van der Waals surface area contributed by atoms with Gasteiger partial charge in [-0.3, -0.25) is 0 Å². The minimum Gasteiger partial charge on any atom is -0.327 e. The summed E-state index contributed by atoms with van der Waals surface area (Å²) in [6, 6.07) is 0.313. The van der Waals surface area contributed by atoms with Gasteiger partial charge in [0, 0.05) is 11.8 Å². The standard InChI is InChI=1S/C5H13NS.ClH/c1-2-3-5(6)4-7;/h5,7H,2-4,6H2,1H3;1H. The number of nitrogens with two attached hydrogens (primary N) is 1. The molecule has 8 heavy (non-hydrogen) atoms. The van der Waals surface area contributed by atoms with E-state index in [0.29, 0.717) is 6.04 Å². The van der Waals surface area contributed by atoms with Crippen molar-refractivity contribution in [2.45, 2.75) is 25.8 Å². The van der Waals surface area contributed by atoms with Crippen molar-refractivity contribution in [1.29, 1.82) is 0 Å². The molecule has 2 N–H and O–H groups in total. The highest BCUT2D eigenvalue weighted by molar-refractivity contribution is 7.80. The van der Waals surface area contributed by atoms with Crippen LogP contribution in [0.2, 0.25) is 0 Å². The Kier molecular flexibility index (Phi) is 10.8. The Morgan fingerprint density at radius 1 is 1.62 bits per heavy atom. The number of thiol groups is 1. The van der Waals surface area contributed by atoms with Gasteiger partial charge in [-0.2, -0.15) is 12.6 Å². The van der Waals surface area contributed by atoms with E-state index >= 15 is 0 Å². The van der Waals surface area contributed by atoms with Crippen LogP contribution in [0.25, 0.3) is 0 Å². The Bertz CT molecular complexity index is 43.4. The molecule has 0 aliphatic rings. The minimum absolute atomic E-state index is 0. The van der Waals surface area contributed by atoms with E-state index in [9.17, 15) is 0 Å². The van der Waals surface area contributed by atoms with Gasteiger partial charge < -0.3 is 5.73 Å². The van der Waals surface area contributed by atoms with E-state index in [0.717, 1.165) is 12.2 Å². The molecule has 0 aromatic heterocycles. The van der Waals surface area contributed by atoms with Crippen LogP contribution in [0.1, 0.15) is 19.8 Å². The maximum atomic E-state index is 5.51. The third-order valence-electron chi connectivity index (χ3n) is 0.894. The van der Waals surface area contributed by atoms with Crippen molar-refractivity contribution in [3.8, 4) is 0 Å². The fourth-order valence-corrected chi connectivity index (χ4v) is 0.645. The second kappa shape index (κ2) is 7.60. The SMILES string of the molecule is CCCC(N)CS.Cl. The molecule has 0 aromatic carbocycles. The number of rotatable bonds is 3. The molecule has 0 bridgehead atoms. The molecule has 0 saturated carbocycles. The highest BCUT2D eigenvalue weighted by atomic mass is 35.5. The van der Waals surface area contributed by atoms with Crippen molar-refractivity contribution < 1.29 is 0 Å². The second-order valence-electron chi connectivity index (χ2n) is 1.73. The maximum absolute atomic E-state index is 5.51. The van der Waals surface area contributed by atoms with Crippen molar-refractivity contribution in [3.05, 3.63) is 0 Å². The van der Waals surface area contributed by atoms with Crippen LogP contribution in [0.4, 0.5) is 0 Å². The Morgan fingerprint density at radius 2 is 2.12 bits per heavy atom. The summed E-state index contributed by atoms with van der Waals surface area (Å²) in [4.78, 5) is 0. The smallest absolute Gasteiger partial charge is 0.0127 e. The number of hydrogen-bond donors (Lipinski definition) is 2. The summed E-state index contributed by atoms with van der Waals surface area (Å²) in [6.07, 6.45) is 2.27. The predicted octanol–water partition coefficient (Wildman–Crippen LogP) is 1.47. The molecule has 0 radical (unpaired) electrons. The number of halogens is 1. The van der Waals surface area contributed by atoms with Gasteiger partial charge in [0.1, 0.15) is 0 Å². The van der Waals surface area contributed by atoms with Crippen LogP contribution in [0.5, 0.6) is 0 Å². The van der Waals surface area contributed by atoms with Gasteiger partial charge in [0.15, 0.2) is 0 Å². The summed E-state index contributed by atoms with van der Waals surface area (Å²) >= 11 is 4.02. The first kappa shape index (κ1) is 11.4. The molecule has 3 heteroatoms. The molecule has 1 atom stereocenters. The van der Waals surface area contributed by atoms with Crippen molar-refractivity contribution in [2.24, 2.45) is 5.73 Å². The van der Waals surface area contributed by atoms with E-state index in [4.69, 9.17) is 5.73 Å². The first-order valence-electron chi connectivity index (χ1n) is 2.67. The highest BCUT2D eigenvalue weighted by Crippen LogP contribution is 1.93. The Hall–Kier alpha value is 0.600. The summed E-state index contributed by atoms with van der Waals surface area (Å²) in [5, 5.41) is 0. The molecular formula is C5H14ClNS. The van der Waals surface area contributed by atoms with Gasteiger partial charge in [0.25, 0.3) is 0 Å². The highest BCUT2D eigenvalue weighted by Gasteiger charge is 1.93. The quantitative estimate of drug-likeness (QED) is 0.594. The van der Waals surface area contributed by atoms with Crippen LogP contribution in [0, 0.1) is 0 Å². The molecule has 0 aliphatic heterocycles. The largest absolute Gasteiger partial charge is 0.327 e. The summed E-state index contributed by atoms with van der Waals surface area (Å²) in [5.41, 5.74) is 5.51. The molecule has 0 amide bonds. The first-order valence-corrected chi connectivity index (χ1v) is 3.31. The topological polar surface area (TPSA) is 26.0 Å². The van der Waals surface area contributed by atoms with Crippen molar-refractivity contribution in [3.63, 3.8) is 0 Å². The molecule has 0 heterocycles. The fraction of sp³-hybridized carbons (Fsp3) is 1.00. The zero-order valence-corrected chi connectivity index (χ0v) is 6.84. The molecule has 0 saturated heterocycles. The zero-order chi connectivity index (χ0) is 5.70. The first-order chi connectivity index (χ1) is 3.31. The molecule has 0 spiro atoms. The molecular weight excluding hydrogens is 142 g/mol. The summed E-state index contributed by atoms with van der Waals surface area (Å²) in [7, 11) is 0. The lowest BCUT2D eigenvalue weighted by atomic mass is 10.2. The van der Waals surface area contributed by atoms with Gasteiger partial charge >= 0.3 is 0 Å². The Labute approximate surface area is 62.8 Å². The van der Waals surface area contributed by atoms with Crippen LogP contribution >= 0.6 is 25.0 Å². The maximum Gasteiger partial charge on any atom is 0.0127 e. The second-order valence-corrected chi connectivity index (χ2v) is 2.10. The van der Waals surface area contributed by atoms with Gasteiger partial charge in [-0.05, 0) is 6.42 Å². The molecule has 1 unspecified atom stereocenters. The van der Waals surface area contributed by atoms with E-state index in [1.54, 1.807) is 0 Å². The third-order valence-corrected chi connectivity index (χ3v) is 1.36. The lowest BCUT2D eigenvalue weighted by molar-refractivity contribution is 0.662. The summed E-state index contributed by atoms with van der Waals surface area (Å²) < 4.78 is 0. The van der Waals surface area contributed by atoms with E-state index in [2.05, 4.69) is 19.6 Å². The van der Waals surface area contributed by atoms with Gasteiger partial charge in [0.2, 0.25) is 0 Å². The van der Waals surface area contributed by atoms with E-state index in [-0.39, 0.29) is 12.4 Å². The average Bonchev–Trinajstić information content (AvgIpc) is 1.68. The van der Waals surface area contributed by atoms with Gasteiger partial charge in [0.05, 0.1) is 0 Å². The normalized spacial score (nSPS) is 12.4. The predicted molar refractivity (Wildman–Crippen MR) is 44.0 cm³/mol. The van der Waals surface area contributed by atoms with E-state index in [1.807, 2.05) is 0 Å². The van der Waals surface area contributed by atoms with Gasteiger partial charge in [-0.1, -0.05) is 13.3 Å². The van der Waals surface area contributed by atoms with Gasteiger partial charge in [-0.15, -0.1) is 12.4 Å². The van der Waals surface area contributed by atoms with Crippen LogP contribution in [-0.2, 0) is 0 Å². The fourth-order valence-electron chi connectivity index (χ4n) is 0.462. The molecule has 0 aliphatic carbocycles. The number of hydrogen-bond acceptors (Lipinski definition) is 2. The van der Waals surface area contributed by atoms with Crippen LogP contribution in [0.15, 0.2) is 0 Å². The Morgan fingerprint density at radius 3 is 2.25 bits per heavy atom. The van der Waals surface area contributed by atoms with Crippen molar-refractivity contribution in [2.75, 3.05) is 5.75 Å². The van der Waals surface area contributed by atoms with Gasteiger partial charge in [-0.25, -0.2) is 0 Å². The summed E-state index contributed by atoms with van der Waals surface area (Å²) in [5.74, 6) is 0.813. The van der Waals surface area contributed by atoms with Crippen LogP contribution < -0.4 is 5.73 Å². The molecule has 0 aromatic rings. The third kappa shape index (κ3) is 6.60. The van der Waals surface area contributed by atoms with E-state index in [1.165, 1.54) is 6.42 Å². The lowest BCUT2D eigenvalue weighted by Gasteiger charge is -2.02. The molecule has 0 rings (SSSR count). The molecule has 0 fully saturated rings. The zero-order valence-electron chi connectivity index (χ0n) is 5.13. The van der Waals surface area contributed by atoms with Crippen molar-refractivity contribution >= 4 is 25.0 Å². The Balaban J connectivity index is 0. The van der Waals surface area contributed by atoms with Crippen molar-refractivity contribution in [1.82, 2.24) is 0 Å². The molecule has 1 nitrogen and oxygen atoms in total. The average molecular weight is 156 g/mol.